The molecule has 248 valence electrons. The van der Waals surface area contributed by atoms with Crippen molar-refractivity contribution in [3.63, 3.8) is 0 Å². The lowest BCUT2D eigenvalue weighted by Crippen LogP contribution is -2.37. The van der Waals surface area contributed by atoms with Gasteiger partial charge in [-0.25, -0.2) is 17.6 Å². The molecule has 4 aliphatic heterocycles. The number of piperidine rings is 4. The van der Waals surface area contributed by atoms with Crippen LogP contribution in [-0.2, 0) is 0 Å². The normalized spacial score (nSPS) is 20.7. The zero-order valence-electron chi connectivity index (χ0n) is 25.6. The third-order valence-corrected chi connectivity index (χ3v) is 7.15. The lowest BCUT2D eigenvalue weighted by atomic mass is 10.1. The minimum atomic E-state index is -0.600. The average Bonchev–Trinajstić information content (AvgIpc) is 3.03. The van der Waals surface area contributed by atoms with E-state index in [1.54, 1.807) is 0 Å². The number of rotatable bonds is 4. The van der Waals surface area contributed by atoms with Gasteiger partial charge >= 0.3 is 0 Å². The fourth-order valence-electron chi connectivity index (χ4n) is 4.53. The molecule has 0 spiro atoms. The van der Waals surface area contributed by atoms with Gasteiger partial charge in [0.2, 0.25) is 0 Å². The Morgan fingerprint density at radius 2 is 0.977 bits per heavy atom. The molecule has 4 aliphatic rings. The second-order valence-electron chi connectivity index (χ2n) is 10.6. The van der Waals surface area contributed by atoms with Crippen molar-refractivity contribution in [2.75, 3.05) is 85.1 Å². The smallest absolute Gasteiger partial charge is 0.130 e. The minimum Gasteiger partial charge on any atom is -0.381 e. The molecule has 4 fully saturated rings. The molecule has 8 N–H and O–H groups in total. The maximum Gasteiger partial charge on any atom is 0.130 e. The number of nitrogens with one attached hydrogen (secondary N) is 1. The summed E-state index contributed by atoms with van der Waals surface area (Å²) in [6, 6.07) is 6.17. The SMILES string of the molecule is FC1CCNCC1.N#CCO.NC#CCN1CCC(F)CC1.NC#CCN1CCC(F)CC1.NCCN1CCC(F)CC1. The number of nitrogens with zero attached hydrogens (tertiary/aromatic N) is 4. The highest BCUT2D eigenvalue weighted by molar-refractivity contribution is 4.98. The number of likely N-dealkylation sites (tertiary alicyclic amines) is 3. The number of aliphatic hydroxyl groups excluding tert-OH is 1. The largest absolute Gasteiger partial charge is 0.381 e. The highest BCUT2D eigenvalue weighted by Crippen LogP contribution is 2.13. The molecule has 43 heavy (non-hydrogen) atoms. The van der Waals surface area contributed by atoms with Crippen molar-refractivity contribution in [2.24, 2.45) is 17.2 Å². The van der Waals surface area contributed by atoms with Crippen LogP contribution in [0.15, 0.2) is 0 Å². The Labute approximate surface area is 256 Å². The van der Waals surface area contributed by atoms with Crippen LogP contribution in [0.2, 0.25) is 0 Å². The molecule has 0 saturated carbocycles. The van der Waals surface area contributed by atoms with Crippen molar-refractivity contribution in [2.45, 2.75) is 76.1 Å². The molecule has 4 saturated heterocycles. The summed E-state index contributed by atoms with van der Waals surface area (Å²) in [7, 11) is 0. The Morgan fingerprint density at radius 3 is 1.23 bits per heavy atom. The van der Waals surface area contributed by atoms with Crippen LogP contribution in [0.1, 0.15) is 51.4 Å². The summed E-state index contributed by atoms with van der Waals surface area (Å²) in [5.74, 6) is 5.53. The lowest BCUT2D eigenvalue weighted by Gasteiger charge is -2.27. The highest BCUT2D eigenvalue weighted by atomic mass is 19.1. The van der Waals surface area contributed by atoms with Gasteiger partial charge in [-0.1, -0.05) is 11.8 Å². The summed E-state index contributed by atoms with van der Waals surface area (Å²) in [5.41, 5.74) is 15.4. The van der Waals surface area contributed by atoms with Crippen molar-refractivity contribution in [3.05, 3.63) is 0 Å². The van der Waals surface area contributed by atoms with Gasteiger partial charge in [0.05, 0.1) is 19.2 Å². The summed E-state index contributed by atoms with van der Waals surface area (Å²) in [6.45, 7) is 9.37. The zero-order chi connectivity index (χ0) is 32.1. The first-order chi connectivity index (χ1) is 20.8. The van der Waals surface area contributed by atoms with Gasteiger partial charge in [-0.2, -0.15) is 5.26 Å². The molecular weight excluding hydrogens is 564 g/mol. The molecule has 0 unspecified atom stereocenters. The van der Waals surface area contributed by atoms with E-state index in [-0.39, 0.29) is 6.61 Å². The van der Waals surface area contributed by atoms with Crippen molar-refractivity contribution < 1.29 is 22.7 Å². The molecule has 0 aliphatic carbocycles. The van der Waals surface area contributed by atoms with Gasteiger partial charge in [0.1, 0.15) is 31.3 Å². The molecule has 0 atom stereocenters. The van der Waals surface area contributed by atoms with Crippen molar-refractivity contribution >= 4 is 0 Å². The predicted octanol–water partition coefficient (Wildman–Crippen LogP) is 1.27. The monoisotopic (exact) mass is 618 g/mol. The van der Waals surface area contributed by atoms with Crippen LogP contribution < -0.4 is 22.5 Å². The fraction of sp³-hybridized carbons (Fsp3) is 0.833. The van der Waals surface area contributed by atoms with Gasteiger partial charge in [0.15, 0.2) is 0 Å². The Hall–Kier alpha value is -2.31. The predicted molar refractivity (Wildman–Crippen MR) is 164 cm³/mol. The van der Waals surface area contributed by atoms with Crippen molar-refractivity contribution in [1.82, 2.24) is 20.0 Å². The van der Waals surface area contributed by atoms with Crippen LogP contribution in [0.5, 0.6) is 0 Å². The summed E-state index contributed by atoms with van der Waals surface area (Å²) in [4.78, 5) is 6.46. The van der Waals surface area contributed by atoms with Gasteiger partial charge in [0, 0.05) is 64.4 Å². The number of halogens is 4. The van der Waals surface area contributed by atoms with Crippen LogP contribution >= 0.6 is 0 Å². The van der Waals surface area contributed by atoms with E-state index in [2.05, 4.69) is 43.9 Å². The minimum absolute atomic E-state index is 0.375. The number of hydrogen-bond donors (Lipinski definition) is 5. The molecule has 4 heterocycles. The van der Waals surface area contributed by atoms with Crippen molar-refractivity contribution in [3.8, 4) is 30.0 Å². The van der Waals surface area contributed by atoms with Crippen LogP contribution in [-0.4, -0.2) is 130 Å². The fourth-order valence-corrected chi connectivity index (χ4v) is 4.53. The van der Waals surface area contributed by atoms with E-state index in [0.29, 0.717) is 71.0 Å². The van der Waals surface area contributed by atoms with Crippen LogP contribution in [0.4, 0.5) is 17.6 Å². The topological polar surface area (TPSA) is 144 Å². The van der Waals surface area contributed by atoms with Crippen LogP contribution in [0, 0.1) is 35.3 Å². The third kappa shape index (κ3) is 24.8. The molecule has 13 heteroatoms. The Balaban J connectivity index is 0.000000530. The number of hydrogen-bond acceptors (Lipinski definition) is 9. The first-order valence-corrected chi connectivity index (χ1v) is 15.3. The van der Waals surface area contributed by atoms with E-state index in [9.17, 15) is 17.6 Å². The number of alkyl halides is 4. The summed E-state index contributed by atoms with van der Waals surface area (Å²) < 4.78 is 49.9. The van der Waals surface area contributed by atoms with E-state index in [0.717, 1.165) is 58.9 Å². The second kappa shape index (κ2) is 28.5. The van der Waals surface area contributed by atoms with Gasteiger partial charge in [-0.3, -0.25) is 9.80 Å². The summed E-state index contributed by atoms with van der Waals surface area (Å²) in [6.07, 6.45) is 3.10. The Bertz CT molecular complexity index is 759. The zero-order valence-corrected chi connectivity index (χ0v) is 25.6. The second-order valence-corrected chi connectivity index (χ2v) is 10.6. The lowest BCUT2D eigenvalue weighted by molar-refractivity contribution is 0.154. The number of nitrogens with two attached hydrogens (primary N) is 3. The van der Waals surface area contributed by atoms with Gasteiger partial charge in [-0.05, 0) is 64.5 Å². The van der Waals surface area contributed by atoms with E-state index < -0.39 is 24.7 Å². The molecule has 4 rings (SSSR count). The van der Waals surface area contributed by atoms with E-state index >= 15 is 0 Å². The summed E-state index contributed by atoms with van der Waals surface area (Å²) >= 11 is 0. The van der Waals surface area contributed by atoms with Gasteiger partial charge in [-0.15, -0.1) is 0 Å². The molecule has 9 nitrogen and oxygen atoms in total. The molecule has 0 bridgehead atoms. The first kappa shape index (κ1) is 40.7. The quantitative estimate of drug-likeness (QED) is 0.136. The maximum absolute atomic E-state index is 12.6. The highest BCUT2D eigenvalue weighted by Gasteiger charge is 2.18. The van der Waals surface area contributed by atoms with Crippen LogP contribution in [0.25, 0.3) is 0 Å². The van der Waals surface area contributed by atoms with Crippen LogP contribution in [0.3, 0.4) is 0 Å². The van der Waals surface area contributed by atoms with E-state index in [1.165, 1.54) is 6.07 Å². The molecule has 0 aromatic rings. The van der Waals surface area contributed by atoms with Gasteiger partial charge < -0.3 is 32.5 Å². The molecule has 0 radical (unpaired) electrons. The molecule has 0 aromatic heterocycles. The first-order valence-electron chi connectivity index (χ1n) is 15.3. The summed E-state index contributed by atoms with van der Waals surface area (Å²) in [5, 5.41) is 18.0. The standard InChI is InChI=1S/2C8H13FN2.C7H15FN2.C5H10FN.C2H3NO/c2*9-8-2-6-11(7-3-8)5-1-4-10;8-7-1-4-10(5-2-7)6-3-9;6-5-1-3-7-4-2-5;3-1-2-4/h2*8H,2-3,5-7,10H2;7H,1-6,9H2;5,7H,1-4H2;4H,2H2. The third-order valence-electron chi connectivity index (χ3n) is 7.15. The molecule has 0 aromatic carbocycles. The molecule has 0 amide bonds. The van der Waals surface area contributed by atoms with Crippen molar-refractivity contribution in [1.29, 1.82) is 5.26 Å². The number of nitriles is 1. The maximum atomic E-state index is 12.6. The van der Waals surface area contributed by atoms with Gasteiger partial charge in [0.25, 0.3) is 0 Å². The Morgan fingerprint density at radius 1 is 0.651 bits per heavy atom. The van der Waals surface area contributed by atoms with E-state index in [4.69, 9.17) is 27.6 Å². The molecular formula is C30H54F4N8O. The van der Waals surface area contributed by atoms with E-state index in [1.807, 2.05) is 0 Å². The average molecular weight is 619 g/mol. The number of aliphatic hydroxyl groups is 1. The Kier molecular flexibility index (Phi) is 26.9.